The number of carbonyl (C=O) groups is 1. The van der Waals surface area contributed by atoms with Crippen molar-refractivity contribution in [3.8, 4) is 0 Å². The van der Waals surface area contributed by atoms with Crippen molar-refractivity contribution in [2.24, 2.45) is 0 Å². The molecule has 1 aromatic rings. The number of nitrogens with one attached hydrogen (secondary N) is 1. The number of nitrogens with zero attached hydrogens (tertiary/aromatic N) is 2. The van der Waals surface area contributed by atoms with Crippen molar-refractivity contribution in [1.82, 2.24) is 9.97 Å². The molecule has 0 radical (unpaired) electrons. The Morgan fingerprint density at radius 2 is 2.39 bits per heavy atom. The smallest absolute Gasteiger partial charge is 0.343 e. The van der Waals surface area contributed by atoms with Gasteiger partial charge < -0.3 is 10.1 Å². The first-order valence-corrected chi connectivity index (χ1v) is 7.10. The molecule has 1 aromatic heterocycles. The van der Waals surface area contributed by atoms with Crippen LogP contribution in [0.15, 0.2) is 12.5 Å². The Labute approximate surface area is 111 Å². The van der Waals surface area contributed by atoms with Crippen LogP contribution in [0.25, 0.3) is 0 Å². The average Bonchev–Trinajstić information content (AvgIpc) is 2.37. The van der Waals surface area contributed by atoms with Gasteiger partial charge in [-0.25, -0.2) is 14.8 Å². The van der Waals surface area contributed by atoms with Gasteiger partial charge in [-0.3, -0.25) is 0 Å². The van der Waals surface area contributed by atoms with E-state index in [0.717, 1.165) is 6.54 Å². The maximum absolute atomic E-state index is 11.6. The Hall–Kier alpha value is -1.30. The fourth-order valence-electron chi connectivity index (χ4n) is 2.00. The maximum atomic E-state index is 11.6. The molecule has 0 aromatic carbocycles. The molecule has 0 aliphatic heterocycles. The summed E-state index contributed by atoms with van der Waals surface area (Å²) in [6.45, 7) is 0.815. The van der Waals surface area contributed by atoms with Crippen molar-refractivity contribution in [3.63, 3.8) is 0 Å². The van der Waals surface area contributed by atoms with Gasteiger partial charge in [-0.2, -0.15) is 11.8 Å². The minimum Gasteiger partial charge on any atom is -0.465 e. The lowest BCUT2D eigenvalue weighted by molar-refractivity contribution is 0.0601. The monoisotopic (exact) mass is 267 g/mol. The van der Waals surface area contributed by atoms with E-state index in [-0.39, 0.29) is 0 Å². The summed E-state index contributed by atoms with van der Waals surface area (Å²) < 4.78 is 5.00. The van der Waals surface area contributed by atoms with Gasteiger partial charge in [-0.05, 0) is 19.1 Å². The SMILES string of the molecule is COC(=O)c1cncnc1NCC1(SC)CCC1. The molecule has 5 nitrogen and oxygen atoms in total. The number of carbonyl (C=O) groups excluding carboxylic acids is 1. The highest BCUT2D eigenvalue weighted by Gasteiger charge is 2.36. The van der Waals surface area contributed by atoms with Crippen LogP contribution in [0.1, 0.15) is 29.6 Å². The molecule has 18 heavy (non-hydrogen) atoms. The number of anilines is 1. The Kier molecular flexibility index (Phi) is 4.06. The number of ether oxygens (including phenoxy) is 1. The molecule has 0 unspecified atom stereocenters. The van der Waals surface area contributed by atoms with Gasteiger partial charge in [-0.15, -0.1) is 0 Å². The van der Waals surface area contributed by atoms with Gasteiger partial charge in [0.15, 0.2) is 0 Å². The van der Waals surface area contributed by atoms with Crippen LogP contribution in [-0.2, 0) is 4.74 Å². The zero-order chi connectivity index (χ0) is 13.0. The molecule has 1 heterocycles. The lowest BCUT2D eigenvalue weighted by atomic mass is 9.84. The molecule has 1 fully saturated rings. The van der Waals surface area contributed by atoms with E-state index >= 15 is 0 Å². The van der Waals surface area contributed by atoms with E-state index in [2.05, 4.69) is 21.5 Å². The van der Waals surface area contributed by atoms with E-state index in [1.54, 1.807) is 0 Å². The van der Waals surface area contributed by atoms with E-state index in [9.17, 15) is 4.79 Å². The largest absolute Gasteiger partial charge is 0.465 e. The molecule has 1 aliphatic rings. The quantitative estimate of drug-likeness (QED) is 0.823. The van der Waals surface area contributed by atoms with Crippen molar-refractivity contribution in [3.05, 3.63) is 18.1 Å². The van der Waals surface area contributed by atoms with Gasteiger partial charge in [-0.1, -0.05) is 6.42 Å². The first-order chi connectivity index (χ1) is 8.71. The summed E-state index contributed by atoms with van der Waals surface area (Å²) in [5.74, 6) is 0.141. The topological polar surface area (TPSA) is 64.1 Å². The molecule has 1 N–H and O–H groups in total. The van der Waals surface area contributed by atoms with Crippen LogP contribution in [0.2, 0.25) is 0 Å². The second kappa shape index (κ2) is 5.56. The standard InChI is InChI=1S/C12H17N3O2S/c1-17-11(16)9-6-13-8-15-10(9)14-7-12(18-2)4-3-5-12/h6,8H,3-5,7H2,1-2H3,(H,13,14,15). The highest BCUT2D eigenvalue weighted by atomic mass is 32.2. The number of thioether (sulfide) groups is 1. The molecule has 1 aliphatic carbocycles. The first-order valence-electron chi connectivity index (χ1n) is 5.88. The zero-order valence-electron chi connectivity index (χ0n) is 10.6. The fourth-order valence-corrected chi connectivity index (χ4v) is 2.91. The predicted molar refractivity (Wildman–Crippen MR) is 72.0 cm³/mol. The highest BCUT2D eigenvalue weighted by Crippen LogP contribution is 2.42. The summed E-state index contributed by atoms with van der Waals surface area (Å²) in [6, 6.07) is 0. The third kappa shape index (κ3) is 2.58. The van der Waals surface area contributed by atoms with Crippen LogP contribution in [0.4, 0.5) is 5.82 Å². The second-order valence-electron chi connectivity index (χ2n) is 4.37. The summed E-state index contributed by atoms with van der Waals surface area (Å²) in [5.41, 5.74) is 0.385. The van der Waals surface area contributed by atoms with Gasteiger partial charge in [0, 0.05) is 17.5 Å². The molecule has 0 atom stereocenters. The van der Waals surface area contributed by atoms with Crippen LogP contribution in [0.3, 0.4) is 0 Å². The minimum atomic E-state index is -0.412. The number of hydrogen-bond donors (Lipinski definition) is 1. The Morgan fingerprint density at radius 3 is 2.94 bits per heavy atom. The van der Waals surface area contributed by atoms with Gasteiger partial charge in [0.05, 0.1) is 7.11 Å². The predicted octanol–water partition coefficient (Wildman–Crippen LogP) is 1.96. The van der Waals surface area contributed by atoms with Crippen LogP contribution < -0.4 is 5.32 Å². The van der Waals surface area contributed by atoms with E-state index < -0.39 is 5.97 Å². The third-order valence-corrected chi connectivity index (χ3v) is 4.81. The third-order valence-electron chi connectivity index (χ3n) is 3.39. The van der Waals surface area contributed by atoms with Crippen LogP contribution in [0, 0.1) is 0 Å². The molecule has 98 valence electrons. The zero-order valence-corrected chi connectivity index (χ0v) is 11.4. The summed E-state index contributed by atoms with van der Waals surface area (Å²) >= 11 is 1.88. The maximum Gasteiger partial charge on any atom is 0.343 e. The second-order valence-corrected chi connectivity index (χ2v) is 5.65. The highest BCUT2D eigenvalue weighted by molar-refractivity contribution is 8.00. The minimum absolute atomic E-state index is 0.290. The number of methoxy groups -OCH3 is 1. The molecule has 0 saturated heterocycles. The molecule has 0 amide bonds. The van der Waals surface area contributed by atoms with Crippen molar-refractivity contribution in [1.29, 1.82) is 0 Å². The summed E-state index contributed by atoms with van der Waals surface area (Å²) in [4.78, 5) is 19.5. The molecule has 2 rings (SSSR count). The number of hydrogen-bond acceptors (Lipinski definition) is 6. The normalized spacial score (nSPS) is 16.8. The molecule has 6 heteroatoms. The van der Waals surface area contributed by atoms with Gasteiger partial charge in [0.2, 0.25) is 0 Å². The Bertz CT molecular complexity index is 430. The van der Waals surface area contributed by atoms with Crippen molar-refractivity contribution in [2.75, 3.05) is 25.2 Å². The van der Waals surface area contributed by atoms with E-state index in [0.29, 0.717) is 16.1 Å². The Morgan fingerprint density at radius 1 is 1.61 bits per heavy atom. The van der Waals surface area contributed by atoms with E-state index in [1.807, 2.05) is 11.8 Å². The lowest BCUT2D eigenvalue weighted by Crippen LogP contribution is -2.40. The first kappa shape index (κ1) is 13.1. The van der Waals surface area contributed by atoms with Crippen LogP contribution >= 0.6 is 11.8 Å². The van der Waals surface area contributed by atoms with Gasteiger partial charge in [0.1, 0.15) is 17.7 Å². The van der Waals surface area contributed by atoms with Gasteiger partial charge >= 0.3 is 5.97 Å². The van der Waals surface area contributed by atoms with Gasteiger partial charge in [0.25, 0.3) is 0 Å². The lowest BCUT2D eigenvalue weighted by Gasteiger charge is -2.40. The van der Waals surface area contributed by atoms with Crippen LogP contribution in [-0.4, -0.2) is 40.6 Å². The summed E-state index contributed by atoms with van der Waals surface area (Å²) in [6.07, 6.45) is 8.73. The molecular weight excluding hydrogens is 250 g/mol. The number of rotatable bonds is 5. The van der Waals surface area contributed by atoms with E-state index in [1.165, 1.54) is 38.9 Å². The fraction of sp³-hybridized carbons (Fsp3) is 0.583. The molecule has 0 spiro atoms. The number of esters is 1. The molecule has 1 saturated carbocycles. The Balaban J connectivity index is 2.07. The molecular formula is C12H17N3O2S. The number of aromatic nitrogens is 2. The average molecular weight is 267 g/mol. The van der Waals surface area contributed by atoms with Crippen molar-refractivity contribution >= 4 is 23.5 Å². The summed E-state index contributed by atoms with van der Waals surface area (Å²) in [7, 11) is 1.36. The van der Waals surface area contributed by atoms with Crippen LogP contribution in [0.5, 0.6) is 0 Å². The summed E-state index contributed by atoms with van der Waals surface area (Å²) in [5, 5.41) is 3.25. The van der Waals surface area contributed by atoms with E-state index in [4.69, 9.17) is 4.74 Å². The van der Waals surface area contributed by atoms with Crippen molar-refractivity contribution in [2.45, 2.75) is 24.0 Å². The van der Waals surface area contributed by atoms with Crippen molar-refractivity contribution < 1.29 is 9.53 Å². The molecule has 0 bridgehead atoms.